The van der Waals surface area contributed by atoms with Crippen molar-refractivity contribution in [1.82, 2.24) is 19.7 Å². The minimum atomic E-state index is -0.602. The minimum Gasteiger partial charge on any atom is -0.331 e. The predicted octanol–water partition coefficient (Wildman–Crippen LogP) is 2.06. The Kier molecular flexibility index (Phi) is 5.24. The zero-order valence-electron chi connectivity index (χ0n) is 13.6. The summed E-state index contributed by atoms with van der Waals surface area (Å²) in [7, 11) is 0. The highest BCUT2D eigenvalue weighted by Crippen LogP contribution is 2.21. The van der Waals surface area contributed by atoms with Gasteiger partial charge in [0.25, 0.3) is 0 Å². The number of thiazole rings is 1. The largest absolute Gasteiger partial charge is 0.331 e. The van der Waals surface area contributed by atoms with Crippen molar-refractivity contribution in [2.45, 2.75) is 45.2 Å². The second-order valence-corrected chi connectivity index (χ2v) is 6.81. The molecule has 0 saturated carbocycles. The molecule has 128 valence electrons. The van der Waals surface area contributed by atoms with Gasteiger partial charge >= 0.3 is 11.8 Å². The van der Waals surface area contributed by atoms with Gasteiger partial charge in [-0.05, 0) is 38.7 Å². The minimum absolute atomic E-state index is 0.0826. The van der Waals surface area contributed by atoms with Crippen LogP contribution in [0.3, 0.4) is 0 Å². The van der Waals surface area contributed by atoms with Gasteiger partial charge in [-0.2, -0.15) is 5.10 Å². The van der Waals surface area contributed by atoms with Gasteiger partial charge in [0.15, 0.2) is 5.13 Å². The van der Waals surface area contributed by atoms with E-state index in [1.807, 2.05) is 29.2 Å². The lowest BCUT2D eigenvalue weighted by molar-refractivity contribution is -0.145. The highest BCUT2D eigenvalue weighted by molar-refractivity contribution is 7.14. The van der Waals surface area contributed by atoms with E-state index >= 15 is 0 Å². The number of piperidine rings is 1. The van der Waals surface area contributed by atoms with Crippen LogP contribution in [0, 0.1) is 6.92 Å². The van der Waals surface area contributed by atoms with Crippen LogP contribution in [0.1, 0.15) is 31.4 Å². The van der Waals surface area contributed by atoms with Crippen molar-refractivity contribution in [3.63, 3.8) is 0 Å². The Labute approximate surface area is 144 Å². The van der Waals surface area contributed by atoms with Gasteiger partial charge in [-0.1, -0.05) is 0 Å². The Hall–Kier alpha value is -2.22. The monoisotopic (exact) mass is 347 g/mol. The van der Waals surface area contributed by atoms with Crippen molar-refractivity contribution < 1.29 is 9.59 Å². The average molecular weight is 347 g/mol. The summed E-state index contributed by atoms with van der Waals surface area (Å²) in [6.07, 6.45) is 7.40. The molecule has 3 rings (SSSR count). The van der Waals surface area contributed by atoms with Crippen LogP contribution in [0.15, 0.2) is 23.8 Å². The summed E-state index contributed by atoms with van der Waals surface area (Å²) < 4.78 is 1.86. The molecule has 1 fully saturated rings. The summed E-state index contributed by atoms with van der Waals surface area (Å²) in [5.41, 5.74) is 0.831. The van der Waals surface area contributed by atoms with Gasteiger partial charge in [-0.15, -0.1) is 11.3 Å². The molecule has 2 amide bonds. The first-order valence-corrected chi connectivity index (χ1v) is 9.03. The van der Waals surface area contributed by atoms with Crippen molar-refractivity contribution in [1.29, 1.82) is 0 Å². The molecule has 0 radical (unpaired) electrons. The highest BCUT2D eigenvalue weighted by Gasteiger charge is 2.30. The number of carbonyl (C=O) groups is 2. The molecule has 0 aromatic carbocycles. The van der Waals surface area contributed by atoms with Crippen LogP contribution < -0.4 is 5.32 Å². The number of nitrogens with zero attached hydrogens (tertiary/aromatic N) is 4. The number of aromatic nitrogens is 3. The van der Waals surface area contributed by atoms with Crippen LogP contribution >= 0.6 is 11.3 Å². The van der Waals surface area contributed by atoms with Crippen LogP contribution in [0.5, 0.6) is 0 Å². The summed E-state index contributed by atoms with van der Waals surface area (Å²) in [6.45, 7) is 3.23. The number of nitrogens with one attached hydrogen (secondary N) is 1. The number of carbonyl (C=O) groups excluding carboxylic acids is 2. The summed E-state index contributed by atoms with van der Waals surface area (Å²) in [5, 5.41) is 9.11. The number of rotatable bonds is 4. The first-order chi connectivity index (χ1) is 11.6. The second kappa shape index (κ2) is 7.57. The molecule has 8 heteroatoms. The van der Waals surface area contributed by atoms with E-state index in [-0.39, 0.29) is 6.04 Å². The molecule has 2 aromatic heterocycles. The molecule has 0 aliphatic carbocycles. The molecular formula is C16H21N5O2S. The molecule has 2 aromatic rings. The highest BCUT2D eigenvalue weighted by atomic mass is 32.1. The fourth-order valence-electron chi connectivity index (χ4n) is 2.97. The zero-order chi connectivity index (χ0) is 16.9. The standard InChI is InChI=1S/C16H21N5O2S/c1-12-11-24-16(18-12)19-14(22)15(23)21-9-3-2-5-13(21)6-10-20-8-4-7-17-20/h4,7-8,11,13H,2-3,5-6,9-10H2,1H3,(H,18,19,22)/t13-/m0/s1. The quantitative estimate of drug-likeness (QED) is 0.859. The average Bonchev–Trinajstić information content (AvgIpc) is 3.24. The second-order valence-electron chi connectivity index (χ2n) is 5.95. The molecular weight excluding hydrogens is 326 g/mol. The molecule has 0 bridgehead atoms. The Bertz CT molecular complexity index is 697. The van der Waals surface area contributed by atoms with Crippen molar-refractivity contribution in [3.8, 4) is 0 Å². The molecule has 1 N–H and O–H groups in total. The van der Waals surface area contributed by atoms with Gasteiger partial charge in [-0.3, -0.25) is 19.6 Å². The molecule has 1 atom stereocenters. The lowest BCUT2D eigenvalue weighted by Gasteiger charge is -2.35. The number of anilines is 1. The van der Waals surface area contributed by atoms with Gasteiger partial charge in [0.2, 0.25) is 0 Å². The molecule has 1 aliphatic rings. The van der Waals surface area contributed by atoms with Crippen molar-refractivity contribution in [2.24, 2.45) is 0 Å². The maximum Gasteiger partial charge on any atom is 0.315 e. The molecule has 3 heterocycles. The lowest BCUT2D eigenvalue weighted by atomic mass is 9.99. The van der Waals surface area contributed by atoms with Crippen LogP contribution in [0.2, 0.25) is 0 Å². The van der Waals surface area contributed by atoms with Gasteiger partial charge in [-0.25, -0.2) is 4.98 Å². The molecule has 0 unspecified atom stereocenters. The van der Waals surface area contributed by atoms with E-state index in [1.54, 1.807) is 11.1 Å². The Balaban J connectivity index is 1.60. The van der Waals surface area contributed by atoms with E-state index < -0.39 is 11.8 Å². The van der Waals surface area contributed by atoms with Crippen LogP contribution in [-0.2, 0) is 16.1 Å². The first kappa shape index (κ1) is 16.6. The van der Waals surface area contributed by atoms with Gasteiger partial charge in [0.05, 0.1) is 5.69 Å². The Morgan fingerprint density at radius 3 is 3.00 bits per heavy atom. The third kappa shape index (κ3) is 4.00. The van der Waals surface area contributed by atoms with Gasteiger partial charge in [0, 0.05) is 36.9 Å². The normalized spacial score (nSPS) is 17.7. The molecule has 1 saturated heterocycles. The smallest absolute Gasteiger partial charge is 0.315 e. The van der Waals surface area contributed by atoms with E-state index in [0.717, 1.165) is 37.9 Å². The van der Waals surface area contributed by atoms with E-state index in [0.29, 0.717) is 11.7 Å². The third-order valence-electron chi connectivity index (χ3n) is 4.17. The summed E-state index contributed by atoms with van der Waals surface area (Å²) in [5.74, 6) is -1.07. The SMILES string of the molecule is Cc1csc(NC(=O)C(=O)N2CCCC[C@H]2CCn2cccn2)n1. The number of likely N-dealkylation sites (tertiary alicyclic amines) is 1. The molecule has 7 nitrogen and oxygen atoms in total. The van der Waals surface area contributed by atoms with Gasteiger partial charge in [0.1, 0.15) is 0 Å². The molecule has 1 aliphatic heterocycles. The first-order valence-electron chi connectivity index (χ1n) is 8.15. The zero-order valence-corrected chi connectivity index (χ0v) is 14.5. The predicted molar refractivity (Wildman–Crippen MR) is 91.7 cm³/mol. The number of hydrogen-bond donors (Lipinski definition) is 1. The van der Waals surface area contributed by atoms with E-state index in [4.69, 9.17) is 0 Å². The Morgan fingerprint density at radius 1 is 1.42 bits per heavy atom. The van der Waals surface area contributed by atoms with Crippen molar-refractivity contribution >= 4 is 28.3 Å². The number of aryl methyl sites for hydroxylation is 2. The van der Waals surface area contributed by atoms with E-state index in [2.05, 4.69) is 15.4 Å². The van der Waals surface area contributed by atoms with Crippen molar-refractivity contribution in [3.05, 3.63) is 29.5 Å². The maximum atomic E-state index is 12.5. The molecule has 0 spiro atoms. The van der Waals surface area contributed by atoms with Gasteiger partial charge < -0.3 is 4.90 Å². The third-order valence-corrected chi connectivity index (χ3v) is 5.05. The molecule has 24 heavy (non-hydrogen) atoms. The summed E-state index contributed by atoms with van der Waals surface area (Å²) in [4.78, 5) is 30.7. The maximum absolute atomic E-state index is 12.5. The fraction of sp³-hybridized carbons (Fsp3) is 0.500. The van der Waals surface area contributed by atoms with E-state index in [1.165, 1.54) is 11.3 Å². The van der Waals surface area contributed by atoms with Crippen molar-refractivity contribution in [2.75, 3.05) is 11.9 Å². The number of hydrogen-bond acceptors (Lipinski definition) is 5. The summed E-state index contributed by atoms with van der Waals surface area (Å²) >= 11 is 1.33. The van der Waals surface area contributed by atoms with Crippen LogP contribution in [-0.4, -0.2) is 44.1 Å². The van der Waals surface area contributed by atoms with E-state index in [9.17, 15) is 9.59 Å². The van der Waals surface area contributed by atoms with Crippen LogP contribution in [0.25, 0.3) is 0 Å². The fourth-order valence-corrected chi connectivity index (χ4v) is 3.66. The lowest BCUT2D eigenvalue weighted by Crippen LogP contribution is -2.48. The van der Waals surface area contributed by atoms with Crippen LogP contribution in [0.4, 0.5) is 5.13 Å². The topological polar surface area (TPSA) is 80.1 Å². The summed E-state index contributed by atoms with van der Waals surface area (Å²) in [6, 6.07) is 1.96. The Morgan fingerprint density at radius 2 is 2.29 bits per heavy atom. The number of amides is 2.